The number of halogens is 3. The zero-order valence-electron chi connectivity index (χ0n) is 4.20. The van der Waals surface area contributed by atoms with E-state index in [2.05, 4.69) is 0 Å². The number of hydrogen-bond acceptors (Lipinski definition) is 1. The Morgan fingerprint density at radius 3 is 2.00 bits per heavy atom. The molecule has 0 bridgehead atoms. The second-order valence-electron chi connectivity index (χ2n) is 1.18. The lowest BCUT2D eigenvalue weighted by atomic mass is 10.3. The van der Waals surface area contributed by atoms with E-state index in [0.29, 0.717) is 0 Å². The van der Waals surface area contributed by atoms with Crippen molar-refractivity contribution in [2.45, 2.75) is 0 Å². The average molecular weight is 157 g/mol. The first kappa shape index (κ1) is 8.36. The van der Waals surface area contributed by atoms with Gasteiger partial charge in [-0.3, -0.25) is 0 Å². The molecule has 0 unspecified atom stereocenters. The van der Waals surface area contributed by atoms with E-state index in [9.17, 15) is 13.6 Å². The maximum Gasteiger partial charge on any atom is 0.338 e. The van der Waals surface area contributed by atoms with Crippen molar-refractivity contribution in [3.8, 4) is 0 Å². The highest BCUT2D eigenvalue weighted by Crippen LogP contribution is 2.08. The van der Waals surface area contributed by atoms with E-state index in [1.807, 2.05) is 0 Å². The molecule has 0 aromatic heterocycles. The van der Waals surface area contributed by atoms with Gasteiger partial charge in [-0.15, -0.1) is 11.6 Å². The quantitative estimate of drug-likeness (QED) is 0.486. The summed E-state index contributed by atoms with van der Waals surface area (Å²) in [7, 11) is 0. The molecule has 1 N–H and O–H groups in total. The van der Waals surface area contributed by atoms with Gasteiger partial charge in [-0.2, -0.15) is 8.78 Å². The minimum Gasteiger partial charge on any atom is -0.478 e. The SMILES string of the molecule is O=C(O)C(CCl)=C(F)F. The van der Waals surface area contributed by atoms with Gasteiger partial charge in [0.05, 0.1) is 5.88 Å². The van der Waals surface area contributed by atoms with Gasteiger partial charge >= 0.3 is 5.97 Å². The van der Waals surface area contributed by atoms with Gasteiger partial charge < -0.3 is 5.11 Å². The largest absolute Gasteiger partial charge is 0.478 e. The summed E-state index contributed by atoms with van der Waals surface area (Å²) in [5.41, 5.74) is -1.04. The molecule has 0 aliphatic carbocycles. The van der Waals surface area contributed by atoms with Crippen molar-refractivity contribution in [2.24, 2.45) is 0 Å². The fourth-order valence-electron chi connectivity index (χ4n) is 0.188. The molecule has 0 rings (SSSR count). The fourth-order valence-corrected chi connectivity index (χ4v) is 0.404. The van der Waals surface area contributed by atoms with Crippen LogP contribution in [0.4, 0.5) is 8.78 Å². The van der Waals surface area contributed by atoms with Crippen LogP contribution < -0.4 is 0 Å². The maximum atomic E-state index is 11.4. The lowest BCUT2D eigenvalue weighted by Gasteiger charge is -1.90. The Labute approximate surface area is 54.7 Å². The average Bonchev–Trinajstić information content (AvgIpc) is 1.64. The van der Waals surface area contributed by atoms with Crippen molar-refractivity contribution in [3.05, 3.63) is 11.7 Å². The van der Waals surface area contributed by atoms with E-state index < -0.39 is 23.5 Å². The molecule has 0 amide bonds. The van der Waals surface area contributed by atoms with Crippen LogP contribution in [0.2, 0.25) is 0 Å². The zero-order valence-corrected chi connectivity index (χ0v) is 4.95. The number of hydrogen-bond donors (Lipinski definition) is 1. The molecule has 0 aromatic rings. The van der Waals surface area contributed by atoms with Gasteiger partial charge in [-0.1, -0.05) is 0 Å². The highest BCUT2D eigenvalue weighted by molar-refractivity contribution is 6.22. The van der Waals surface area contributed by atoms with Gasteiger partial charge in [0.2, 0.25) is 0 Å². The van der Waals surface area contributed by atoms with E-state index in [0.717, 1.165) is 0 Å². The first-order valence-electron chi connectivity index (χ1n) is 1.93. The molecule has 0 radical (unpaired) electrons. The number of rotatable bonds is 2. The number of carboxylic acid groups (broad SMARTS) is 1. The van der Waals surface area contributed by atoms with Crippen LogP contribution in [0.15, 0.2) is 11.7 Å². The zero-order chi connectivity index (χ0) is 7.44. The molecule has 0 saturated carbocycles. The van der Waals surface area contributed by atoms with E-state index in [-0.39, 0.29) is 0 Å². The molecule has 0 heterocycles. The second-order valence-corrected chi connectivity index (χ2v) is 1.45. The van der Waals surface area contributed by atoms with Crippen LogP contribution in [-0.2, 0) is 4.79 Å². The highest BCUT2D eigenvalue weighted by Gasteiger charge is 2.12. The lowest BCUT2D eigenvalue weighted by molar-refractivity contribution is -0.132. The molecule has 2 nitrogen and oxygen atoms in total. The molecule has 0 fully saturated rings. The second kappa shape index (κ2) is 3.40. The maximum absolute atomic E-state index is 11.4. The van der Waals surface area contributed by atoms with Crippen molar-refractivity contribution in [1.29, 1.82) is 0 Å². The van der Waals surface area contributed by atoms with Crippen LogP contribution in [0, 0.1) is 0 Å². The van der Waals surface area contributed by atoms with E-state index in [4.69, 9.17) is 16.7 Å². The molecule has 0 saturated heterocycles. The summed E-state index contributed by atoms with van der Waals surface area (Å²) < 4.78 is 22.7. The van der Waals surface area contributed by atoms with Gasteiger partial charge in [-0.25, -0.2) is 4.79 Å². The van der Waals surface area contributed by atoms with Gasteiger partial charge in [0, 0.05) is 0 Å². The summed E-state index contributed by atoms with van der Waals surface area (Å²) in [6, 6.07) is 0. The molecule has 0 aromatic carbocycles. The molecular formula is C4H3ClF2O2. The summed E-state index contributed by atoms with van der Waals surface area (Å²) in [5, 5.41) is 7.92. The summed E-state index contributed by atoms with van der Waals surface area (Å²) in [6.45, 7) is 0. The fraction of sp³-hybridized carbons (Fsp3) is 0.250. The van der Waals surface area contributed by atoms with Crippen molar-refractivity contribution < 1.29 is 18.7 Å². The molecule has 0 atom stereocenters. The topological polar surface area (TPSA) is 37.3 Å². The van der Waals surface area contributed by atoms with Crippen molar-refractivity contribution in [1.82, 2.24) is 0 Å². The Kier molecular flexibility index (Phi) is 3.16. The number of carboxylic acids is 1. The van der Waals surface area contributed by atoms with Crippen molar-refractivity contribution >= 4 is 17.6 Å². The van der Waals surface area contributed by atoms with Crippen LogP contribution in [0.5, 0.6) is 0 Å². The van der Waals surface area contributed by atoms with Crippen molar-refractivity contribution in [2.75, 3.05) is 5.88 Å². The monoisotopic (exact) mass is 156 g/mol. The summed E-state index contributed by atoms with van der Waals surface area (Å²) in [5.74, 6) is -2.34. The van der Waals surface area contributed by atoms with Crippen molar-refractivity contribution in [3.63, 3.8) is 0 Å². The van der Waals surface area contributed by atoms with Gasteiger partial charge in [0.15, 0.2) is 0 Å². The van der Waals surface area contributed by atoms with E-state index >= 15 is 0 Å². The van der Waals surface area contributed by atoms with Crippen LogP contribution >= 0.6 is 11.6 Å². The standard InChI is InChI=1S/C4H3ClF2O2/c5-1-2(3(6)7)4(8)9/h1H2,(H,8,9). The predicted octanol–water partition coefficient (Wildman–Crippen LogP) is 1.46. The third-order valence-electron chi connectivity index (χ3n) is 0.620. The molecule has 9 heavy (non-hydrogen) atoms. The molecule has 0 aliphatic rings. The van der Waals surface area contributed by atoms with Crippen LogP contribution in [-0.4, -0.2) is 17.0 Å². The van der Waals surface area contributed by atoms with Gasteiger partial charge in [0.25, 0.3) is 6.08 Å². The predicted molar refractivity (Wildman–Crippen MR) is 27.6 cm³/mol. The molecular weight excluding hydrogens is 153 g/mol. The number of carbonyl (C=O) groups is 1. The van der Waals surface area contributed by atoms with E-state index in [1.54, 1.807) is 0 Å². The molecule has 5 heteroatoms. The van der Waals surface area contributed by atoms with Crippen LogP contribution in [0.3, 0.4) is 0 Å². The first-order valence-corrected chi connectivity index (χ1v) is 2.46. The smallest absolute Gasteiger partial charge is 0.338 e. The first-order chi connectivity index (χ1) is 4.09. The Morgan fingerprint density at radius 2 is 2.00 bits per heavy atom. The lowest BCUT2D eigenvalue weighted by Crippen LogP contribution is -2.02. The normalized spacial score (nSPS) is 8.78. The summed E-state index contributed by atoms with van der Waals surface area (Å²) in [6.07, 6.45) is -2.24. The molecule has 52 valence electrons. The minimum absolute atomic E-state index is 0.669. The minimum atomic E-state index is -2.24. The highest BCUT2D eigenvalue weighted by atomic mass is 35.5. The third kappa shape index (κ3) is 2.41. The Bertz CT molecular complexity index is 151. The van der Waals surface area contributed by atoms with Gasteiger partial charge in [-0.05, 0) is 0 Å². The van der Waals surface area contributed by atoms with Crippen LogP contribution in [0.1, 0.15) is 0 Å². The summed E-state index contributed by atoms with van der Waals surface area (Å²) in [4.78, 5) is 9.75. The molecule has 0 aliphatic heterocycles. The molecule has 0 spiro atoms. The number of aliphatic carboxylic acids is 1. The summed E-state index contributed by atoms with van der Waals surface area (Å²) >= 11 is 4.84. The Hall–Kier alpha value is -0.640. The Morgan fingerprint density at radius 1 is 1.56 bits per heavy atom. The van der Waals surface area contributed by atoms with Gasteiger partial charge in [0.1, 0.15) is 5.57 Å². The van der Waals surface area contributed by atoms with E-state index in [1.165, 1.54) is 0 Å². The third-order valence-corrected chi connectivity index (χ3v) is 0.887. The van der Waals surface area contributed by atoms with Crippen LogP contribution in [0.25, 0.3) is 0 Å². The Balaban J connectivity index is 4.35. The number of alkyl halides is 1.